The first-order chi connectivity index (χ1) is 6.29. The molecule has 1 aliphatic heterocycles. The average Bonchev–Trinajstić information content (AvgIpc) is 2.17. The number of carbonyl (C=O) groups is 1. The Kier molecular flexibility index (Phi) is 1.73. The van der Waals surface area contributed by atoms with Crippen LogP contribution in [0.4, 0.5) is 0 Å². The second kappa shape index (κ2) is 2.90. The molecule has 0 bridgehead atoms. The first-order valence-electron chi connectivity index (χ1n) is 3.81. The van der Waals surface area contributed by atoms with Gasteiger partial charge in [-0.3, -0.25) is 4.79 Å². The summed E-state index contributed by atoms with van der Waals surface area (Å²) >= 11 is 0. The van der Waals surface area contributed by atoms with Crippen LogP contribution >= 0.6 is 0 Å². The van der Waals surface area contributed by atoms with Crippen LogP contribution in [0.25, 0.3) is 0 Å². The van der Waals surface area contributed by atoms with Gasteiger partial charge in [-0.2, -0.15) is 0 Å². The fraction of sp³-hybridized carbons (Fsp3) is 0.111. The third kappa shape index (κ3) is 1.26. The van der Waals surface area contributed by atoms with Gasteiger partial charge in [0.2, 0.25) is 0 Å². The van der Waals surface area contributed by atoms with Gasteiger partial charge in [0, 0.05) is 5.56 Å². The SMILES string of the molecule is O=C(O)C1C=NOc2ccccc21. The number of fused-ring (bicyclic) bond motifs is 1. The highest BCUT2D eigenvalue weighted by Gasteiger charge is 2.24. The van der Waals surface area contributed by atoms with E-state index < -0.39 is 11.9 Å². The summed E-state index contributed by atoms with van der Waals surface area (Å²) in [6, 6.07) is 6.97. The van der Waals surface area contributed by atoms with Gasteiger partial charge in [-0.1, -0.05) is 23.4 Å². The van der Waals surface area contributed by atoms with E-state index in [1.54, 1.807) is 24.3 Å². The molecule has 2 rings (SSSR count). The van der Waals surface area contributed by atoms with Crippen molar-refractivity contribution in [2.45, 2.75) is 5.92 Å². The molecule has 0 aliphatic carbocycles. The summed E-state index contributed by atoms with van der Waals surface area (Å²) in [4.78, 5) is 15.7. The minimum absolute atomic E-state index is 0.511. The van der Waals surface area contributed by atoms with Crippen molar-refractivity contribution in [3.63, 3.8) is 0 Å². The lowest BCUT2D eigenvalue weighted by Crippen LogP contribution is -2.17. The number of nitrogens with zero attached hydrogens (tertiary/aromatic N) is 1. The topological polar surface area (TPSA) is 58.9 Å². The summed E-state index contributed by atoms with van der Waals surface area (Å²) in [5.41, 5.74) is 0.644. The third-order valence-corrected chi connectivity index (χ3v) is 1.88. The van der Waals surface area contributed by atoms with Gasteiger partial charge in [-0.05, 0) is 6.07 Å². The van der Waals surface area contributed by atoms with Gasteiger partial charge >= 0.3 is 5.97 Å². The number of para-hydroxylation sites is 1. The molecule has 66 valence electrons. The van der Waals surface area contributed by atoms with Crippen molar-refractivity contribution in [2.24, 2.45) is 5.16 Å². The molecule has 1 unspecified atom stereocenters. The molecule has 0 fully saturated rings. The van der Waals surface area contributed by atoms with Gasteiger partial charge in [-0.25, -0.2) is 0 Å². The number of oxime groups is 1. The van der Waals surface area contributed by atoms with E-state index in [1.807, 2.05) is 0 Å². The first kappa shape index (κ1) is 7.79. The molecule has 0 aromatic heterocycles. The maximum atomic E-state index is 10.8. The standard InChI is InChI=1S/C9H7NO3/c11-9(12)7-5-10-13-8-4-2-1-3-6(7)8/h1-5,7H,(H,11,12). The van der Waals surface area contributed by atoms with Gasteiger partial charge in [0.1, 0.15) is 5.92 Å². The highest BCUT2D eigenvalue weighted by atomic mass is 16.6. The number of carboxylic acids is 1. The lowest BCUT2D eigenvalue weighted by molar-refractivity contribution is -0.137. The number of benzene rings is 1. The molecular formula is C9H7NO3. The van der Waals surface area contributed by atoms with Crippen molar-refractivity contribution in [2.75, 3.05) is 0 Å². The minimum Gasteiger partial charge on any atom is -0.481 e. The number of aliphatic carboxylic acids is 1. The molecule has 4 heteroatoms. The van der Waals surface area contributed by atoms with Crippen LogP contribution in [-0.2, 0) is 4.79 Å². The van der Waals surface area contributed by atoms with Crippen molar-refractivity contribution in [1.82, 2.24) is 0 Å². The first-order valence-corrected chi connectivity index (χ1v) is 3.81. The van der Waals surface area contributed by atoms with Crippen LogP contribution < -0.4 is 4.84 Å². The molecule has 1 N–H and O–H groups in total. The fourth-order valence-corrected chi connectivity index (χ4v) is 1.25. The predicted octanol–water partition coefficient (Wildman–Crippen LogP) is 1.23. The highest BCUT2D eigenvalue weighted by Crippen LogP contribution is 2.28. The van der Waals surface area contributed by atoms with Crippen LogP contribution in [0.1, 0.15) is 11.5 Å². The zero-order valence-corrected chi connectivity index (χ0v) is 6.68. The number of rotatable bonds is 1. The summed E-state index contributed by atoms with van der Waals surface area (Å²) in [5, 5.41) is 12.4. The van der Waals surface area contributed by atoms with E-state index in [9.17, 15) is 4.79 Å². The second-order valence-electron chi connectivity index (χ2n) is 2.70. The van der Waals surface area contributed by atoms with E-state index in [4.69, 9.17) is 9.94 Å². The van der Waals surface area contributed by atoms with Gasteiger partial charge in [0.25, 0.3) is 0 Å². The summed E-state index contributed by atoms with van der Waals surface area (Å²) < 4.78 is 0. The predicted molar refractivity (Wildman–Crippen MR) is 45.9 cm³/mol. The molecule has 13 heavy (non-hydrogen) atoms. The largest absolute Gasteiger partial charge is 0.481 e. The Labute approximate surface area is 74.4 Å². The lowest BCUT2D eigenvalue weighted by Gasteiger charge is -2.14. The summed E-state index contributed by atoms with van der Waals surface area (Å²) in [5.74, 6) is -1.10. The van der Waals surface area contributed by atoms with Crippen LogP contribution in [0.5, 0.6) is 5.75 Å². The minimum atomic E-state index is -0.917. The van der Waals surface area contributed by atoms with Crippen molar-refractivity contribution in [3.8, 4) is 5.75 Å². The number of carboxylic acid groups (broad SMARTS) is 1. The van der Waals surface area contributed by atoms with E-state index in [2.05, 4.69) is 5.16 Å². The van der Waals surface area contributed by atoms with Gasteiger partial charge in [0.15, 0.2) is 5.75 Å². The van der Waals surface area contributed by atoms with Gasteiger partial charge in [-0.15, -0.1) is 0 Å². The van der Waals surface area contributed by atoms with Crippen molar-refractivity contribution < 1.29 is 14.7 Å². The van der Waals surface area contributed by atoms with Crippen LogP contribution in [0.15, 0.2) is 29.4 Å². The van der Waals surface area contributed by atoms with Gasteiger partial charge < -0.3 is 9.94 Å². The molecule has 0 spiro atoms. The molecule has 1 aromatic rings. The Morgan fingerprint density at radius 2 is 2.23 bits per heavy atom. The summed E-state index contributed by atoms with van der Waals surface area (Å²) in [7, 11) is 0. The number of hydrogen-bond donors (Lipinski definition) is 1. The van der Waals surface area contributed by atoms with E-state index in [0.717, 1.165) is 0 Å². The van der Waals surface area contributed by atoms with Crippen molar-refractivity contribution in [3.05, 3.63) is 29.8 Å². The highest BCUT2D eigenvalue weighted by molar-refractivity contribution is 5.96. The molecule has 0 saturated heterocycles. The second-order valence-corrected chi connectivity index (χ2v) is 2.70. The third-order valence-electron chi connectivity index (χ3n) is 1.88. The zero-order valence-electron chi connectivity index (χ0n) is 6.68. The molecule has 1 aliphatic rings. The maximum absolute atomic E-state index is 10.8. The summed E-state index contributed by atoms with van der Waals surface area (Å²) in [6.07, 6.45) is 1.28. The van der Waals surface area contributed by atoms with Crippen molar-refractivity contribution in [1.29, 1.82) is 0 Å². The molecule has 0 radical (unpaired) electrons. The van der Waals surface area contributed by atoms with E-state index in [0.29, 0.717) is 11.3 Å². The zero-order chi connectivity index (χ0) is 9.26. The van der Waals surface area contributed by atoms with Gasteiger partial charge in [0.05, 0.1) is 6.21 Å². The molecule has 4 nitrogen and oxygen atoms in total. The fourth-order valence-electron chi connectivity index (χ4n) is 1.25. The quantitative estimate of drug-likeness (QED) is 0.701. The lowest BCUT2D eigenvalue weighted by atomic mass is 9.99. The molecule has 1 atom stereocenters. The molecule has 1 heterocycles. The summed E-state index contributed by atoms with van der Waals surface area (Å²) in [6.45, 7) is 0. The van der Waals surface area contributed by atoms with Crippen molar-refractivity contribution >= 4 is 12.2 Å². The Morgan fingerprint density at radius 3 is 3.00 bits per heavy atom. The Balaban J connectivity index is 2.48. The smallest absolute Gasteiger partial charge is 0.316 e. The molecule has 1 aromatic carbocycles. The van der Waals surface area contributed by atoms with E-state index in [-0.39, 0.29) is 0 Å². The van der Waals surface area contributed by atoms with E-state index >= 15 is 0 Å². The average molecular weight is 177 g/mol. The van der Waals surface area contributed by atoms with Crippen LogP contribution in [0.3, 0.4) is 0 Å². The molecule has 0 amide bonds. The van der Waals surface area contributed by atoms with E-state index in [1.165, 1.54) is 6.21 Å². The van der Waals surface area contributed by atoms with Crippen LogP contribution in [0.2, 0.25) is 0 Å². The Hall–Kier alpha value is -1.84. The Morgan fingerprint density at radius 1 is 1.46 bits per heavy atom. The molecule has 0 saturated carbocycles. The number of hydrogen-bond acceptors (Lipinski definition) is 3. The van der Waals surface area contributed by atoms with Crippen LogP contribution in [0, 0.1) is 0 Å². The van der Waals surface area contributed by atoms with Crippen LogP contribution in [-0.4, -0.2) is 17.3 Å². The Bertz CT molecular complexity index is 373. The monoisotopic (exact) mass is 177 g/mol. The normalized spacial score (nSPS) is 18.9. The molecular weight excluding hydrogens is 170 g/mol. The maximum Gasteiger partial charge on any atom is 0.316 e.